The molecule has 0 aromatic carbocycles. The van der Waals surface area contributed by atoms with Gasteiger partial charge in [-0.2, -0.15) is 5.10 Å². The molecule has 1 N–H and O–H groups in total. The van der Waals surface area contributed by atoms with Gasteiger partial charge in [-0.3, -0.25) is 10.1 Å². The number of hydrogen-bond acceptors (Lipinski definition) is 4. The Balaban J connectivity index is 1.80. The van der Waals surface area contributed by atoms with Crippen LogP contribution in [0.5, 0.6) is 0 Å². The summed E-state index contributed by atoms with van der Waals surface area (Å²) in [5.74, 6) is 0. The number of aromatic amines is 1. The highest BCUT2D eigenvalue weighted by atomic mass is 32.1. The average Bonchev–Trinajstić information content (AvgIpc) is 3.18. The molecule has 3 heterocycles. The predicted molar refractivity (Wildman–Crippen MR) is 88.5 cm³/mol. The van der Waals surface area contributed by atoms with Gasteiger partial charge in [0.2, 0.25) is 0 Å². The summed E-state index contributed by atoms with van der Waals surface area (Å²) in [5.41, 5.74) is 3.73. The van der Waals surface area contributed by atoms with Crippen LogP contribution < -0.4 is 4.90 Å². The molecule has 0 unspecified atom stereocenters. The van der Waals surface area contributed by atoms with Gasteiger partial charge in [-0.25, -0.2) is 0 Å². The first kappa shape index (κ1) is 13.1. The monoisotopic (exact) mass is 300 g/mol. The molecule has 1 fully saturated rings. The number of nitrogens with one attached hydrogen (secondary N) is 1. The van der Waals surface area contributed by atoms with Crippen molar-refractivity contribution in [2.75, 3.05) is 11.4 Å². The van der Waals surface area contributed by atoms with Crippen molar-refractivity contribution in [1.82, 2.24) is 10.2 Å². The Morgan fingerprint density at radius 1 is 1.38 bits per heavy atom. The fourth-order valence-corrected chi connectivity index (χ4v) is 4.81. The van der Waals surface area contributed by atoms with E-state index in [1.165, 1.54) is 46.7 Å². The van der Waals surface area contributed by atoms with Crippen LogP contribution in [0.25, 0.3) is 10.4 Å². The second-order valence-corrected chi connectivity index (χ2v) is 7.04. The summed E-state index contributed by atoms with van der Waals surface area (Å²) in [6.07, 6.45) is 8.99. The summed E-state index contributed by atoms with van der Waals surface area (Å²) in [5, 5.41) is 7.18. The topological polar surface area (TPSA) is 44.3 Å². The van der Waals surface area contributed by atoms with E-state index >= 15 is 0 Å². The molecular formula is C16H20N4S. The zero-order chi connectivity index (χ0) is 14.4. The lowest BCUT2D eigenvalue weighted by atomic mass is 10.0. The highest BCUT2D eigenvalue weighted by Crippen LogP contribution is 2.46. The van der Waals surface area contributed by atoms with Crippen LogP contribution in [0.3, 0.4) is 0 Å². The largest absolute Gasteiger partial charge is 0.346 e. The fraction of sp³-hybridized carbons (Fsp3) is 0.500. The van der Waals surface area contributed by atoms with Crippen molar-refractivity contribution in [3.05, 3.63) is 22.8 Å². The number of anilines is 1. The number of aryl methyl sites for hydroxylation is 1. The van der Waals surface area contributed by atoms with Crippen LogP contribution in [0.2, 0.25) is 0 Å². The third kappa shape index (κ3) is 1.87. The van der Waals surface area contributed by atoms with Crippen LogP contribution in [0.4, 0.5) is 5.69 Å². The zero-order valence-electron chi connectivity index (χ0n) is 12.5. The maximum atomic E-state index is 4.96. The van der Waals surface area contributed by atoms with Crippen molar-refractivity contribution in [2.45, 2.75) is 45.2 Å². The number of hydrogen-bond donors (Lipinski definition) is 1. The van der Waals surface area contributed by atoms with Crippen molar-refractivity contribution in [1.29, 1.82) is 0 Å². The van der Waals surface area contributed by atoms with Crippen LogP contribution in [-0.2, 0) is 0 Å². The number of nitrogens with zero attached hydrogens (tertiary/aromatic N) is 3. The van der Waals surface area contributed by atoms with Gasteiger partial charge in [0.05, 0.1) is 16.8 Å². The SMILES string of the molecule is CCN1c2cc(-c3cn[nH]c3C)sc2C=NC12CCCC2. The Bertz CT molecular complexity index is 691. The number of fused-ring (bicyclic) bond motifs is 1. The molecule has 5 heteroatoms. The molecule has 0 saturated heterocycles. The Labute approximate surface area is 128 Å². The number of aliphatic imine (C=N–C) groups is 1. The van der Waals surface area contributed by atoms with Gasteiger partial charge in [0.15, 0.2) is 0 Å². The number of thiophene rings is 1. The van der Waals surface area contributed by atoms with E-state index in [1.54, 1.807) is 0 Å². The molecule has 21 heavy (non-hydrogen) atoms. The van der Waals surface area contributed by atoms with Crippen molar-refractivity contribution in [3.8, 4) is 10.4 Å². The number of rotatable bonds is 2. The zero-order valence-corrected chi connectivity index (χ0v) is 13.3. The van der Waals surface area contributed by atoms with Gasteiger partial charge in [0.1, 0.15) is 5.66 Å². The average molecular weight is 300 g/mol. The molecule has 110 valence electrons. The van der Waals surface area contributed by atoms with Crippen LogP contribution in [0, 0.1) is 6.92 Å². The van der Waals surface area contributed by atoms with Crippen molar-refractivity contribution in [3.63, 3.8) is 0 Å². The molecule has 1 aliphatic heterocycles. The molecule has 1 aliphatic carbocycles. The molecular weight excluding hydrogens is 280 g/mol. The molecule has 0 bridgehead atoms. The maximum Gasteiger partial charge on any atom is 0.132 e. The van der Waals surface area contributed by atoms with Gasteiger partial charge in [-0.05, 0) is 45.6 Å². The third-order valence-corrected chi connectivity index (χ3v) is 5.86. The van der Waals surface area contributed by atoms with Gasteiger partial charge in [-0.15, -0.1) is 11.3 Å². The van der Waals surface area contributed by atoms with Crippen LogP contribution in [0.1, 0.15) is 43.2 Å². The number of aromatic nitrogens is 2. The van der Waals surface area contributed by atoms with Crippen LogP contribution in [0.15, 0.2) is 17.3 Å². The molecule has 0 amide bonds. The van der Waals surface area contributed by atoms with E-state index in [0.29, 0.717) is 0 Å². The normalized spacial score (nSPS) is 19.4. The van der Waals surface area contributed by atoms with E-state index < -0.39 is 0 Å². The van der Waals surface area contributed by atoms with E-state index in [4.69, 9.17) is 4.99 Å². The standard InChI is InChI=1S/C16H20N4S/c1-3-20-13-8-14(12-9-18-19-11(12)2)21-15(13)10-17-16(20)6-4-5-7-16/h8-10H,3-7H2,1-2H3,(H,18,19). The first-order valence-corrected chi connectivity index (χ1v) is 8.52. The Morgan fingerprint density at radius 3 is 2.86 bits per heavy atom. The summed E-state index contributed by atoms with van der Waals surface area (Å²) in [7, 11) is 0. The predicted octanol–water partition coefficient (Wildman–Crippen LogP) is 3.98. The van der Waals surface area contributed by atoms with Crippen LogP contribution >= 0.6 is 11.3 Å². The molecule has 0 radical (unpaired) electrons. The third-order valence-electron chi connectivity index (χ3n) is 4.77. The first-order valence-electron chi connectivity index (χ1n) is 7.70. The van der Waals surface area contributed by atoms with Gasteiger partial charge < -0.3 is 4.90 Å². The van der Waals surface area contributed by atoms with Crippen LogP contribution in [-0.4, -0.2) is 28.6 Å². The summed E-state index contributed by atoms with van der Waals surface area (Å²) in [6, 6.07) is 2.33. The smallest absolute Gasteiger partial charge is 0.132 e. The highest BCUT2D eigenvalue weighted by Gasteiger charge is 2.41. The minimum atomic E-state index is 0.0333. The molecule has 4 rings (SSSR count). The lowest BCUT2D eigenvalue weighted by Gasteiger charge is -2.41. The van der Waals surface area contributed by atoms with Gasteiger partial charge in [-0.1, -0.05) is 0 Å². The van der Waals surface area contributed by atoms with E-state index in [2.05, 4.69) is 41.2 Å². The summed E-state index contributed by atoms with van der Waals surface area (Å²) < 4.78 is 0. The minimum absolute atomic E-state index is 0.0333. The van der Waals surface area contributed by atoms with E-state index in [-0.39, 0.29) is 5.66 Å². The maximum absolute atomic E-state index is 4.96. The minimum Gasteiger partial charge on any atom is -0.346 e. The first-order chi connectivity index (χ1) is 10.2. The molecule has 2 aromatic rings. The molecule has 0 atom stereocenters. The highest BCUT2D eigenvalue weighted by molar-refractivity contribution is 7.17. The van der Waals surface area contributed by atoms with E-state index in [1.807, 2.05) is 17.5 Å². The van der Waals surface area contributed by atoms with Gasteiger partial charge in [0.25, 0.3) is 0 Å². The van der Waals surface area contributed by atoms with Gasteiger partial charge in [0, 0.05) is 28.9 Å². The van der Waals surface area contributed by atoms with Crippen molar-refractivity contribution in [2.24, 2.45) is 4.99 Å². The second-order valence-electron chi connectivity index (χ2n) is 5.96. The molecule has 1 spiro atoms. The summed E-state index contributed by atoms with van der Waals surface area (Å²) in [4.78, 5) is 10.0. The lowest BCUT2D eigenvalue weighted by molar-refractivity contribution is 0.416. The number of H-pyrrole nitrogens is 1. The van der Waals surface area contributed by atoms with Crippen molar-refractivity contribution < 1.29 is 0 Å². The Kier molecular flexibility index (Phi) is 2.92. The fourth-order valence-electron chi connectivity index (χ4n) is 3.71. The van der Waals surface area contributed by atoms with Gasteiger partial charge >= 0.3 is 0 Å². The molecule has 2 aliphatic rings. The van der Waals surface area contributed by atoms with Crippen molar-refractivity contribution >= 4 is 23.2 Å². The molecule has 4 nitrogen and oxygen atoms in total. The second kappa shape index (κ2) is 4.70. The molecule has 2 aromatic heterocycles. The lowest BCUT2D eigenvalue weighted by Crippen LogP contribution is -2.47. The Morgan fingerprint density at radius 2 is 2.19 bits per heavy atom. The summed E-state index contributed by atoms with van der Waals surface area (Å²) in [6.45, 7) is 5.33. The Hall–Kier alpha value is -1.62. The van der Waals surface area contributed by atoms with E-state index in [0.717, 1.165) is 12.2 Å². The van der Waals surface area contributed by atoms with E-state index in [9.17, 15) is 0 Å². The summed E-state index contributed by atoms with van der Waals surface area (Å²) >= 11 is 1.82. The quantitative estimate of drug-likeness (QED) is 0.912. The molecule has 1 saturated carbocycles.